The number of fused-ring (bicyclic) bond motifs is 2. The summed E-state index contributed by atoms with van der Waals surface area (Å²) in [6.45, 7) is 0.834. The fraction of sp³-hybridized carbons (Fsp3) is 0.357. The summed E-state index contributed by atoms with van der Waals surface area (Å²) in [5.41, 5.74) is 1.88. The zero-order valence-electron chi connectivity index (χ0n) is 19.0. The van der Waals surface area contributed by atoms with Crippen molar-refractivity contribution in [3.05, 3.63) is 71.8 Å². The van der Waals surface area contributed by atoms with Gasteiger partial charge >= 0.3 is 0 Å². The Bertz CT molecular complexity index is 1190. The van der Waals surface area contributed by atoms with Crippen molar-refractivity contribution in [3.8, 4) is 5.75 Å². The van der Waals surface area contributed by atoms with E-state index in [-0.39, 0.29) is 11.8 Å². The molecule has 0 radical (unpaired) electrons. The van der Waals surface area contributed by atoms with Crippen LogP contribution >= 0.6 is 0 Å². The number of anilines is 1. The van der Waals surface area contributed by atoms with Gasteiger partial charge in [0.15, 0.2) is 0 Å². The highest BCUT2D eigenvalue weighted by molar-refractivity contribution is 6.14. The van der Waals surface area contributed by atoms with Crippen LogP contribution in [-0.4, -0.2) is 36.4 Å². The summed E-state index contributed by atoms with van der Waals surface area (Å²) in [7, 11) is 1.55. The molecule has 0 aromatic heterocycles. The quantitative estimate of drug-likeness (QED) is 0.548. The number of carbonyl (C=O) groups excluding carboxylic acids is 2. The van der Waals surface area contributed by atoms with Gasteiger partial charge in [0.25, 0.3) is 11.8 Å². The Balaban J connectivity index is 1.47. The third-order valence-corrected chi connectivity index (χ3v) is 7.26. The molecule has 0 bridgehead atoms. The Labute approximate surface area is 194 Å². The van der Waals surface area contributed by atoms with Gasteiger partial charge in [-0.05, 0) is 61.3 Å². The monoisotopic (exact) mass is 442 g/mol. The second-order valence-electron chi connectivity index (χ2n) is 9.11. The van der Waals surface area contributed by atoms with Crippen molar-refractivity contribution in [2.75, 3.05) is 19.0 Å². The third kappa shape index (κ3) is 4.08. The number of rotatable bonds is 4. The first-order valence-corrected chi connectivity index (χ1v) is 11.9. The molecule has 3 aromatic carbocycles. The first-order chi connectivity index (χ1) is 16.2. The van der Waals surface area contributed by atoms with Crippen molar-refractivity contribution in [1.82, 2.24) is 4.90 Å². The van der Waals surface area contributed by atoms with Crippen LogP contribution in [0.1, 0.15) is 59.2 Å². The number of carbonyl (C=O) groups is 2. The normalized spacial score (nSPS) is 20.2. The highest BCUT2D eigenvalue weighted by Crippen LogP contribution is 2.37. The molecule has 1 aliphatic carbocycles. The van der Waals surface area contributed by atoms with E-state index in [2.05, 4.69) is 10.2 Å². The summed E-state index contributed by atoms with van der Waals surface area (Å²) >= 11 is 0. The highest BCUT2D eigenvalue weighted by atomic mass is 16.5. The molecule has 2 unspecified atom stereocenters. The molecule has 2 aliphatic rings. The number of para-hydroxylation sites is 1. The number of piperidine rings is 1. The average Bonchev–Trinajstić information content (AvgIpc) is 2.88. The highest BCUT2D eigenvalue weighted by Gasteiger charge is 2.36. The van der Waals surface area contributed by atoms with Crippen molar-refractivity contribution < 1.29 is 14.3 Å². The van der Waals surface area contributed by atoms with Crippen LogP contribution in [0, 0.1) is 5.92 Å². The van der Waals surface area contributed by atoms with E-state index in [1.807, 2.05) is 48.5 Å². The van der Waals surface area contributed by atoms with Gasteiger partial charge in [0, 0.05) is 29.2 Å². The van der Waals surface area contributed by atoms with E-state index >= 15 is 0 Å². The van der Waals surface area contributed by atoms with E-state index < -0.39 is 0 Å². The van der Waals surface area contributed by atoms with Crippen LogP contribution in [0.5, 0.6) is 5.75 Å². The number of hydrogen-bond acceptors (Lipinski definition) is 3. The lowest BCUT2D eigenvalue weighted by Crippen LogP contribution is -2.49. The molecule has 3 aromatic rings. The summed E-state index contributed by atoms with van der Waals surface area (Å²) < 4.78 is 5.34. The molecular weight excluding hydrogens is 412 g/mol. The van der Waals surface area contributed by atoms with E-state index in [1.165, 1.54) is 25.7 Å². The second-order valence-corrected chi connectivity index (χ2v) is 9.11. The van der Waals surface area contributed by atoms with E-state index in [0.717, 1.165) is 30.2 Å². The van der Waals surface area contributed by atoms with Crippen molar-refractivity contribution in [1.29, 1.82) is 0 Å². The summed E-state index contributed by atoms with van der Waals surface area (Å²) in [6, 6.07) is 19.1. The Morgan fingerprint density at radius 2 is 1.58 bits per heavy atom. The Morgan fingerprint density at radius 1 is 0.848 bits per heavy atom. The van der Waals surface area contributed by atoms with E-state index in [0.29, 0.717) is 34.5 Å². The Hall–Kier alpha value is -3.34. The van der Waals surface area contributed by atoms with Crippen molar-refractivity contribution in [3.63, 3.8) is 0 Å². The van der Waals surface area contributed by atoms with Gasteiger partial charge in [-0.15, -0.1) is 0 Å². The summed E-state index contributed by atoms with van der Waals surface area (Å²) in [4.78, 5) is 28.9. The van der Waals surface area contributed by atoms with Crippen molar-refractivity contribution in [2.24, 2.45) is 5.92 Å². The lowest BCUT2D eigenvalue weighted by molar-refractivity contribution is 0.0392. The standard InChI is InChI=1S/C28H30N2O3/c1-33-26-15-7-5-13-23(26)27(31)29-24-17-16-22(20-11-3-4-12-21(20)24)28(32)30-18-8-10-19-9-2-6-14-25(19)30/h3-5,7,11-13,15-17,19,25H,2,6,8-10,14,18H2,1H3,(H,29,31). The molecule has 2 atom stereocenters. The minimum Gasteiger partial charge on any atom is -0.496 e. The van der Waals surface area contributed by atoms with Gasteiger partial charge in [-0.2, -0.15) is 0 Å². The lowest BCUT2D eigenvalue weighted by atomic mass is 9.78. The molecule has 5 heteroatoms. The fourth-order valence-electron chi connectivity index (χ4n) is 5.65. The van der Waals surface area contributed by atoms with Gasteiger partial charge < -0.3 is 15.0 Å². The molecule has 5 nitrogen and oxygen atoms in total. The molecule has 1 N–H and O–H groups in total. The third-order valence-electron chi connectivity index (χ3n) is 7.26. The largest absolute Gasteiger partial charge is 0.496 e. The summed E-state index contributed by atoms with van der Waals surface area (Å²) in [5.74, 6) is 1.04. The van der Waals surface area contributed by atoms with Gasteiger partial charge in [0.05, 0.1) is 12.7 Å². The van der Waals surface area contributed by atoms with Gasteiger partial charge in [-0.1, -0.05) is 49.2 Å². The predicted molar refractivity (Wildman–Crippen MR) is 131 cm³/mol. The van der Waals surface area contributed by atoms with Gasteiger partial charge in [0.2, 0.25) is 0 Å². The molecule has 33 heavy (non-hydrogen) atoms. The average molecular weight is 443 g/mol. The number of nitrogens with one attached hydrogen (secondary N) is 1. The number of ether oxygens (including phenoxy) is 1. The predicted octanol–water partition coefficient (Wildman–Crippen LogP) is 5.90. The molecule has 1 aliphatic heterocycles. The Morgan fingerprint density at radius 3 is 2.42 bits per heavy atom. The number of methoxy groups -OCH3 is 1. The van der Waals surface area contributed by atoms with Crippen LogP contribution in [0.4, 0.5) is 5.69 Å². The topological polar surface area (TPSA) is 58.6 Å². The first kappa shape index (κ1) is 21.5. The van der Waals surface area contributed by atoms with E-state index in [1.54, 1.807) is 19.2 Å². The van der Waals surface area contributed by atoms with E-state index in [4.69, 9.17) is 4.74 Å². The minimum absolute atomic E-state index is 0.116. The molecule has 170 valence electrons. The smallest absolute Gasteiger partial charge is 0.259 e. The number of hydrogen-bond donors (Lipinski definition) is 1. The number of amides is 2. The first-order valence-electron chi connectivity index (χ1n) is 11.9. The molecule has 1 heterocycles. The number of benzene rings is 3. The molecule has 1 saturated heterocycles. The maximum atomic E-state index is 13.7. The van der Waals surface area contributed by atoms with Gasteiger partial charge in [0.1, 0.15) is 5.75 Å². The zero-order chi connectivity index (χ0) is 22.8. The van der Waals surface area contributed by atoms with Crippen LogP contribution in [0.25, 0.3) is 10.8 Å². The zero-order valence-corrected chi connectivity index (χ0v) is 19.0. The number of nitrogens with zero attached hydrogens (tertiary/aromatic N) is 1. The maximum absolute atomic E-state index is 13.7. The van der Waals surface area contributed by atoms with E-state index in [9.17, 15) is 9.59 Å². The molecule has 5 rings (SSSR count). The fourth-order valence-corrected chi connectivity index (χ4v) is 5.65. The van der Waals surface area contributed by atoms with Crippen molar-refractivity contribution in [2.45, 2.75) is 44.6 Å². The molecule has 0 spiro atoms. The minimum atomic E-state index is -0.238. The maximum Gasteiger partial charge on any atom is 0.259 e. The molecule has 2 amide bonds. The van der Waals surface area contributed by atoms with Crippen LogP contribution in [-0.2, 0) is 0 Å². The Kier molecular flexibility index (Phi) is 6.03. The molecular formula is C28H30N2O3. The summed E-state index contributed by atoms with van der Waals surface area (Å²) in [6.07, 6.45) is 7.16. The van der Waals surface area contributed by atoms with Crippen LogP contribution in [0.15, 0.2) is 60.7 Å². The summed E-state index contributed by atoms with van der Waals surface area (Å²) in [5, 5.41) is 4.76. The SMILES string of the molecule is COc1ccccc1C(=O)Nc1ccc(C(=O)N2CCCC3CCCCC32)c2ccccc12. The van der Waals surface area contributed by atoms with Crippen molar-refractivity contribution >= 4 is 28.3 Å². The number of likely N-dealkylation sites (tertiary alicyclic amines) is 1. The molecule has 1 saturated carbocycles. The van der Waals surface area contributed by atoms with Crippen LogP contribution < -0.4 is 10.1 Å². The second kappa shape index (κ2) is 9.26. The lowest BCUT2D eigenvalue weighted by Gasteiger charge is -2.44. The van der Waals surface area contributed by atoms with Crippen LogP contribution in [0.3, 0.4) is 0 Å². The van der Waals surface area contributed by atoms with Gasteiger partial charge in [-0.25, -0.2) is 0 Å². The molecule has 2 fully saturated rings. The van der Waals surface area contributed by atoms with Gasteiger partial charge in [-0.3, -0.25) is 9.59 Å². The van der Waals surface area contributed by atoms with Crippen LogP contribution in [0.2, 0.25) is 0 Å².